The average Bonchev–Trinajstić information content (AvgIpc) is 3.10. The summed E-state index contributed by atoms with van der Waals surface area (Å²) in [5.41, 5.74) is 5.50. The Morgan fingerprint density at radius 3 is 2.44 bits per heavy atom. The lowest BCUT2D eigenvalue weighted by molar-refractivity contribution is -0.118. The fourth-order valence-corrected chi connectivity index (χ4v) is 6.01. The zero-order chi connectivity index (χ0) is 24.8. The molecule has 0 radical (unpaired) electrons. The SMILES string of the molecule is CN(C)C=O.CN1c2ccccc2C2=C([C@]3(C(=O)Nc4ccccc43)C(C#N)=C(N)O2)S1(=O)=O. The molecular formula is C23H21N5O5S. The number of rotatable bonds is 1. The van der Waals surface area contributed by atoms with Gasteiger partial charge in [-0.05, 0) is 18.2 Å². The van der Waals surface area contributed by atoms with Crippen molar-refractivity contribution in [2.45, 2.75) is 5.41 Å². The molecule has 3 heterocycles. The first-order valence-electron chi connectivity index (χ1n) is 10.1. The van der Waals surface area contributed by atoms with Gasteiger partial charge in [0.1, 0.15) is 16.5 Å². The van der Waals surface area contributed by atoms with Crippen LogP contribution in [0.15, 0.2) is 64.9 Å². The normalized spacial score (nSPS) is 21.2. The van der Waals surface area contributed by atoms with E-state index in [9.17, 15) is 23.3 Å². The van der Waals surface area contributed by atoms with Gasteiger partial charge < -0.3 is 20.7 Å². The summed E-state index contributed by atoms with van der Waals surface area (Å²) in [6, 6.07) is 15.3. The predicted molar refractivity (Wildman–Crippen MR) is 125 cm³/mol. The van der Waals surface area contributed by atoms with E-state index in [1.807, 2.05) is 6.07 Å². The molecule has 0 saturated heterocycles. The van der Waals surface area contributed by atoms with Crippen LogP contribution in [0, 0.1) is 11.3 Å². The topological polar surface area (TPSA) is 146 Å². The van der Waals surface area contributed by atoms with E-state index in [2.05, 4.69) is 5.32 Å². The number of nitrogens with one attached hydrogen (secondary N) is 1. The molecule has 0 aromatic heterocycles. The highest BCUT2D eigenvalue weighted by Gasteiger charge is 2.63. The number of anilines is 2. The Bertz CT molecular complexity index is 1440. The van der Waals surface area contributed by atoms with Crippen LogP contribution in [0.4, 0.5) is 11.4 Å². The number of hydrogen-bond donors (Lipinski definition) is 2. The Balaban J connectivity index is 0.000000499. The van der Waals surface area contributed by atoms with Crippen molar-refractivity contribution in [2.75, 3.05) is 30.8 Å². The first kappa shape index (κ1) is 22.9. The predicted octanol–water partition coefficient (Wildman–Crippen LogP) is 1.45. The largest absolute Gasteiger partial charge is 0.439 e. The van der Waals surface area contributed by atoms with Crippen molar-refractivity contribution >= 4 is 39.5 Å². The van der Waals surface area contributed by atoms with Crippen LogP contribution in [-0.2, 0) is 29.8 Å². The molecule has 2 aromatic rings. The maximum atomic E-state index is 13.6. The molecule has 2 aromatic carbocycles. The molecule has 1 atom stereocenters. The summed E-state index contributed by atoms with van der Waals surface area (Å²) >= 11 is 0. The summed E-state index contributed by atoms with van der Waals surface area (Å²) in [5.74, 6) is -1.000. The lowest BCUT2D eigenvalue weighted by Crippen LogP contribution is -2.49. The maximum absolute atomic E-state index is 13.6. The van der Waals surface area contributed by atoms with Gasteiger partial charge >= 0.3 is 0 Å². The van der Waals surface area contributed by atoms with E-state index in [1.54, 1.807) is 62.6 Å². The monoisotopic (exact) mass is 479 g/mol. The number of nitriles is 1. The van der Waals surface area contributed by atoms with E-state index in [0.29, 0.717) is 22.5 Å². The molecule has 34 heavy (non-hydrogen) atoms. The van der Waals surface area contributed by atoms with E-state index in [4.69, 9.17) is 10.5 Å². The molecule has 2 amide bonds. The summed E-state index contributed by atoms with van der Waals surface area (Å²) in [6.45, 7) is 0. The van der Waals surface area contributed by atoms with E-state index in [1.165, 1.54) is 11.9 Å². The Morgan fingerprint density at radius 2 is 1.79 bits per heavy atom. The minimum absolute atomic E-state index is 0.0398. The number of benzene rings is 2. The van der Waals surface area contributed by atoms with Gasteiger partial charge in [-0.1, -0.05) is 30.3 Å². The maximum Gasteiger partial charge on any atom is 0.265 e. The molecular weight excluding hydrogens is 458 g/mol. The van der Waals surface area contributed by atoms with Crippen molar-refractivity contribution in [1.82, 2.24) is 4.90 Å². The first-order chi connectivity index (χ1) is 16.1. The smallest absolute Gasteiger partial charge is 0.265 e. The quantitative estimate of drug-likeness (QED) is 0.589. The summed E-state index contributed by atoms with van der Waals surface area (Å²) in [5, 5.41) is 12.6. The summed E-state index contributed by atoms with van der Waals surface area (Å²) in [4.78, 5) is 23.9. The zero-order valence-electron chi connectivity index (χ0n) is 18.6. The van der Waals surface area contributed by atoms with Crippen LogP contribution in [0.25, 0.3) is 5.76 Å². The molecule has 0 saturated carbocycles. The number of nitrogens with zero attached hydrogens (tertiary/aromatic N) is 3. The number of carbonyl (C=O) groups is 2. The van der Waals surface area contributed by atoms with Crippen LogP contribution >= 0.6 is 0 Å². The molecule has 0 bridgehead atoms. The van der Waals surface area contributed by atoms with Gasteiger partial charge in [0, 0.05) is 38.0 Å². The fourth-order valence-electron chi connectivity index (χ4n) is 4.24. The zero-order valence-corrected chi connectivity index (χ0v) is 19.4. The van der Waals surface area contributed by atoms with Gasteiger partial charge in [-0.25, -0.2) is 8.42 Å². The molecule has 10 nitrogen and oxygen atoms in total. The fraction of sp³-hybridized carbons (Fsp3) is 0.174. The van der Waals surface area contributed by atoms with E-state index < -0.39 is 21.3 Å². The number of amides is 2. The summed E-state index contributed by atoms with van der Waals surface area (Å²) in [6.07, 6.45) is 0.750. The number of para-hydroxylation sites is 2. The van der Waals surface area contributed by atoms with E-state index >= 15 is 0 Å². The summed E-state index contributed by atoms with van der Waals surface area (Å²) in [7, 11) is 0.553. The Morgan fingerprint density at radius 1 is 1.18 bits per heavy atom. The Kier molecular flexibility index (Phi) is 5.34. The molecule has 174 valence electrons. The average molecular weight is 480 g/mol. The third-order valence-corrected chi connectivity index (χ3v) is 7.65. The Hall–Kier alpha value is -4.30. The van der Waals surface area contributed by atoms with Gasteiger partial charge in [-0.15, -0.1) is 0 Å². The van der Waals surface area contributed by atoms with E-state index in [0.717, 1.165) is 10.7 Å². The van der Waals surface area contributed by atoms with Crippen molar-refractivity contribution in [3.05, 3.63) is 76.0 Å². The highest BCUT2D eigenvalue weighted by molar-refractivity contribution is 7.97. The number of fused-ring (bicyclic) bond motifs is 5. The number of sulfonamides is 1. The van der Waals surface area contributed by atoms with Crippen molar-refractivity contribution in [3.8, 4) is 6.07 Å². The third-order valence-electron chi connectivity index (χ3n) is 5.73. The highest BCUT2D eigenvalue weighted by atomic mass is 32.2. The number of ether oxygens (including phenoxy) is 1. The van der Waals surface area contributed by atoms with Crippen molar-refractivity contribution < 1.29 is 22.7 Å². The molecule has 11 heteroatoms. The van der Waals surface area contributed by atoms with Crippen LogP contribution in [0.2, 0.25) is 0 Å². The van der Waals surface area contributed by atoms with Gasteiger partial charge in [0.25, 0.3) is 10.0 Å². The second-order valence-electron chi connectivity index (χ2n) is 7.92. The Labute approximate surface area is 196 Å². The minimum atomic E-state index is -4.22. The molecule has 1 spiro atoms. The number of nitrogens with two attached hydrogens (primary N) is 1. The lowest BCUT2D eigenvalue weighted by Gasteiger charge is -2.40. The van der Waals surface area contributed by atoms with Crippen molar-refractivity contribution in [3.63, 3.8) is 0 Å². The highest BCUT2D eigenvalue weighted by Crippen LogP contribution is 2.57. The van der Waals surface area contributed by atoms with Gasteiger partial charge in [0.2, 0.25) is 18.2 Å². The second-order valence-corrected chi connectivity index (χ2v) is 9.83. The molecule has 0 unspecified atom stereocenters. The minimum Gasteiger partial charge on any atom is -0.439 e. The van der Waals surface area contributed by atoms with Gasteiger partial charge in [0.05, 0.1) is 5.69 Å². The number of hydrogen-bond acceptors (Lipinski definition) is 7. The summed E-state index contributed by atoms with van der Waals surface area (Å²) < 4.78 is 34.0. The van der Waals surface area contributed by atoms with Crippen LogP contribution in [0.5, 0.6) is 0 Å². The van der Waals surface area contributed by atoms with Crippen LogP contribution in [0.1, 0.15) is 11.1 Å². The van der Waals surface area contributed by atoms with Crippen LogP contribution < -0.4 is 15.4 Å². The molecule has 3 aliphatic rings. The van der Waals surface area contributed by atoms with Crippen LogP contribution in [0.3, 0.4) is 0 Å². The molecule has 3 N–H and O–H groups in total. The lowest BCUT2D eigenvalue weighted by atomic mass is 9.73. The molecule has 0 fully saturated rings. The molecule has 5 rings (SSSR count). The van der Waals surface area contributed by atoms with E-state index in [-0.39, 0.29) is 22.1 Å². The van der Waals surface area contributed by atoms with Crippen LogP contribution in [-0.4, -0.2) is 46.8 Å². The van der Waals surface area contributed by atoms with Crippen molar-refractivity contribution in [1.29, 1.82) is 5.26 Å². The third kappa shape index (κ3) is 2.96. The van der Waals surface area contributed by atoms with Gasteiger partial charge in [0.15, 0.2) is 11.2 Å². The molecule has 3 aliphatic heterocycles. The second kappa shape index (κ2) is 7.93. The van der Waals surface area contributed by atoms with Gasteiger partial charge in [-0.2, -0.15) is 5.26 Å². The van der Waals surface area contributed by atoms with Gasteiger partial charge in [-0.3, -0.25) is 13.9 Å². The first-order valence-corrected chi connectivity index (χ1v) is 11.5. The van der Waals surface area contributed by atoms with Crippen molar-refractivity contribution in [2.24, 2.45) is 5.73 Å². The number of carbonyl (C=O) groups excluding carboxylic acids is 2. The molecule has 0 aliphatic carbocycles. The standard InChI is InChI=1S/C20H14N4O4S.C3H7NO/c1-24-15-9-5-2-6-11(15)16-17(29(24,26)27)20(13(10-21)18(22)28-16)12-7-3-4-8-14(12)23-19(20)25;1-4(2)3-5/h2-9H,22H2,1H3,(H,23,25);3H,1-2H3/t20-;/m1./s1.